The molecule has 0 aliphatic heterocycles. The molecule has 0 saturated carbocycles. The average molecular weight is 545 g/mol. The number of aromatic nitrogens is 1. The van der Waals surface area contributed by atoms with Gasteiger partial charge < -0.3 is 15.0 Å². The number of benzene rings is 2. The van der Waals surface area contributed by atoms with Gasteiger partial charge in [0.2, 0.25) is 0 Å². The van der Waals surface area contributed by atoms with E-state index in [-0.39, 0.29) is 16.0 Å². The van der Waals surface area contributed by atoms with Crippen molar-refractivity contribution in [3.63, 3.8) is 0 Å². The zero-order valence-electron chi connectivity index (χ0n) is 24.1. The maximum atomic E-state index is 11.1. The highest BCUT2D eigenvalue weighted by Crippen LogP contribution is 2.43. The van der Waals surface area contributed by atoms with E-state index in [2.05, 4.69) is 112 Å². The zero-order chi connectivity index (χ0) is 28.0. The van der Waals surface area contributed by atoms with Crippen LogP contribution in [0.1, 0.15) is 53.0 Å². The number of pyridine rings is 1. The SMILES string of the molecule is CC(C)(C[C@@H](CC#Cc1ccc(N)nc1)CO[Si](c1ccccc1)(c1ccccc1)C(C)(C)C)[Si](C)(C)O. The number of nitrogens with zero attached hydrogens (tertiary/aromatic N) is 1. The fourth-order valence-corrected chi connectivity index (χ4v) is 10.4. The van der Waals surface area contributed by atoms with Crippen molar-refractivity contribution in [1.29, 1.82) is 0 Å². The molecule has 0 aliphatic carbocycles. The Bertz CT molecular complexity index is 1180. The Hall–Kier alpha value is -2.70. The van der Waals surface area contributed by atoms with Gasteiger partial charge >= 0.3 is 0 Å². The molecule has 0 fully saturated rings. The van der Waals surface area contributed by atoms with E-state index in [9.17, 15) is 4.80 Å². The highest BCUT2D eigenvalue weighted by atomic mass is 28.4. The third-order valence-electron chi connectivity index (χ3n) is 7.82. The molecule has 202 valence electrons. The Labute approximate surface area is 231 Å². The smallest absolute Gasteiger partial charge is 0.261 e. The predicted octanol–water partition coefficient (Wildman–Crippen LogP) is 5.97. The molecule has 1 atom stereocenters. The normalized spacial score (nSPS) is 13.5. The summed E-state index contributed by atoms with van der Waals surface area (Å²) >= 11 is 0. The summed E-state index contributed by atoms with van der Waals surface area (Å²) in [4.78, 5) is 15.2. The Morgan fingerprint density at radius 2 is 1.45 bits per heavy atom. The largest absolute Gasteiger partial charge is 0.432 e. The van der Waals surface area contributed by atoms with Crippen LogP contribution in [0.2, 0.25) is 23.2 Å². The minimum atomic E-state index is -2.67. The lowest BCUT2D eigenvalue weighted by Gasteiger charge is -2.44. The number of hydrogen-bond donors (Lipinski definition) is 2. The van der Waals surface area contributed by atoms with E-state index in [1.165, 1.54) is 10.4 Å². The maximum Gasteiger partial charge on any atom is 0.261 e. The van der Waals surface area contributed by atoms with E-state index >= 15 is 0 Å². The molecule has 1 aromatic heterocycles. The first kappa shape index (κ1) is 29.9. The molecule has 3 N–H and O–H groups in total. The lowest BCUT2D eigenvalue weighted by molar-refractivity contribution is 0.215. The van der Waals surface area contributed by atoms with Crippen LogP contribution in [0.5, 0.6) is 0 Å². The number of anilines is 1. The molecular formula is C32H44N2O2Si2. The summed E-state index contributed by atoms with van der Waals surface area (Å²) in [6.45, 7) is 15.9. The van der Waals surface area contributed by atoms with Gasteiger partial charge in [0.05, 0.1) is 0 Å². The molecule has 3 aromatic rings. The molecule has 2 aromatic carbocycles. The molecule has 0 amide bonds. The van der Waals surface area contributed by atoms with Gasteiger partial charge in [-0.05, 0) is 58.0 Å². The van der Waals surface area contributed by atoms with Crippen LogP contribution in [0, 0.1) is 17.8 Å². The molecule has 0 saturated heterocycles. The van der Waals surface area contributed by atoms with Crippen LogP contribution in [-0.4, -0.2) is 33.0 Å². The molecule has 0 aliphatic rings. The van der Waals surface area contributed by atoms with E-state index in [4.69, 9.17) is 10.2 Å². The van der Waals surface area contributed by atoms with Gasteiger partial charge in [-0.3, -0.25) is 0 Å². The average Bonchev–Trinajstić information content (AvgIpc) is 2.85. The van der Waals surface area contributed by atoms with Gasteiger partial charge in [-0.15, -0.1) is 0 Å². The Kier molecular flexibility index (Phi) is 9.43. The van der Waals surface area contributed by atoms with Crippen LogP contribution in [0.3, 0.4) is 0 Å². The van der Waals surface area contributed by atoms with E-state index in [0.717, 1.165) is 12.0 Å². The summed E-state index contributed by atoms with van der Waals surface area (Å²) in [6, 6.07) is 25.2. The predicted molar refractivity (Wildman–Crippen MR) is 166 cm³/mol. The molecule has 4 nitrogen and oxygen atoms in total. The van der Waals surface area contributed by atoms with Crippen molar-refractivity contribution in [3.8, 4) is 11.8 Å². The van der Waals surface area contributed by atoms with Gasteiger partial charge in [-0.2, -0.15) is 0 Å². The quantitative estimate of drug-likeness (QED) is 0.257. The summed E-state index contributed by atoms with van der Waals surface area (Å²) in [7, 11) is -5.08. The number of nitrogen functional groups attached to an aromatic ring is 1. The topological polar surface area (TPSA) is 68.4 Å². The van der Waals surface area contributed by atoms with E-state index < -0.39 is 16.6 Å². The van der Waals surface area contributed by atoms with Gasteiger partial charge in [0.15, 0.2) is 8.32 Å². The first-order chi connectivity index (χ1) is 17.8. The molecule has 0 bridgehead atoms. The summed E-state index contributed by atoms with van der Waals surface area (Å²) in [6.07, 6.45) is 3.23. The van der Waals surface area contributed by atoms with Crippen molar-refractivity contribution in [2.45, 2.75) is 70.6 Å². The van der Waals surface area contributed by atoms with Gasteiger partial charge in [-0.1, -0.05) is 107 Å². The van der Waals surface area contributed by atoms with Crippen molar-refractivity contribution in [1.82, 2.24) is 4.98 Å². The minimum absolute atomic E-state index is 0.0951. The lowest BCUT2D eigenvalue weighted by Crippen LogP contribution is -2.67. The molecular weight excluding hydrogens is 501 g/mol. The Morgan fingerprint density at radius 1 is 0.895 bits per heavy atom. The molecule has 0 unspecified atom stereocenters. The molecule has 1 heterocycles. The van der Waals surface area contributed by atoms with Crippen molar-refractivity contribution >= 4 is 32.8 Å². The van der Waals surface area contributed by atoms with Crippen LogP contribution in [-0.2, 0) is 4.43 Å². The van der Waals surface area contributed by atoms with Gasteiger partial charge in [0.25, 0.3) is 8.32 Å². The maximum absolute atomic E-state index is 11.1. The fourth-order valence-electron chi connectivity index (χ4n) is 4.94. The van der Waals surface area contributed by atoms with Crippen LogP contribution < -0.4 is 16.1 Å². The van der Waals surface area contributed by atoms with E-state index in [0.29, 0.717) is 18.8 Å². The Morgan fingerprint density at radius 3 is 1.89 bits per heavy atom. The monoisotopic (exact) mass is 544 g/mol. The molecule has 3 rings (SSSR count). The number of hydrogen-bond acceptors (Lipinski definition) is 4. The second-order valence-electron chi connectivity index (χ2n) is 12.5. The van der Waals surface area contributed by atoms with E-state index in [1.807, 2.05) is 19.2 Å². The van der Waals surface area contributed by atoms with Gasteiger partial charge in [0, 0.05) is 24.8 Å². The van der Waals surface area contributed by atoms with Crippen LogP contribution in [0.15, 0.2) is 79.0 Å². The van der Waals surface area contributed by atoms with Crippen LogP contribution in [0.4, 0.5) is 5.82 Å². The second-order valence-corrected chi connectivity index (χ2v) is 21.2. The van der Waals surface area contributed by atoms with Crippen LogP contribution >= 0.6 is 0 Å². The minimum Gasteiger partial charge on any atom is -0.432 e. The van der Waals surface area contributed by atoms with Crippen LogP contribution in [0.25, 0.3) is 0 Å². The number of rotatable bonds is 9. The van der Waals surface area contributed by atoms with Gasteiger partial charge in [0.1, 0.15) is 5.82 Å². The summed E-state index contributed by atoms with van der Waals surface area (Å²) in [5.74, 6) is 7.30. The fraction of sp³-hybridized carbons (Fsp3) is 0.406. The third kappa shape index (κ3) is 7.03. The summed E-state index contributed by atoms with van der Waals surface area (Å²) in [5.41, 5.74) is 6.58. The second kappa shape index (κ2) is 12.0. The lowest BCUT2D eigenvalue weighted by atomic mass is 9.94. The standard InChI is InChI=1S/C32H44N2O2Si2/c1-31(2,3)38(28-17-10-8-11-18-28,29-19-12-9-13-20-29)36-25-27(23-32(4,5)37(6,7)35)16-14-15-26-21-22-30(33)34-24-26/h8-13,17-22,24,27,35H,16,23,25H2,1-7H3,(H2,33,34)/t27-/m1/s1. The van der Waals surface area contributed by atoms with Gasteiger partial charge in [-0.25, -0.2) is 4.98 Å². The molecule has 0 spiro atoms. The summed E-state index contributed by atoms with van der Waals surface area (Å²) in [5, 5.41) is 2.26. The molecule has 38 heavy (non-hydrogen) atoms. The molecule has 0 radical (unpaired) electrons. The first-order valence-electron chi connectivity index (χ1n) is 13.4. The number of nitrogens with two attached hydrogens (primary N) is 1. The molecule has 6 heteroatoms. The van der Waals surface area contributed by atoms with Crippen molar-refractivity contribution in [2.75, 3.05) is 12.3 Å². The third-order valence-corrected chi connectivity index (χ3v) is 16.3. The highest BCUT2D eigenvalue weighted by Gasteiger charge is 2.50. The zero-order valence-corrected chi connectivity index (χ0v) is 26.1. The Balaban J connectivity index is 2.00. The highest BCUT2D eigenvalue weighted by molar-refractivity contribution is 6.99. The van der Waals surface area contributed by atoms with Crippen molar-refractivity contribution < 1.29 is 9.22 Å². The first-order valence-corrected chi connectivity index (χ1v) is 18.3. The summed E-state index contributed by atoms with van der Waals surface area (Å²) < 4.78 is 7.28. The van der Waals surface area contributed by atoms with Crippen molar-refractivity contribution in [3.05, 3.63) is 84.6 Å². The van der Waals surface area contributed by atoms with E-state index in [1.54, 1.807) is 12.3 Å². The van der Waals surface area contributed by atoms with Crippen molar-refractivity contribution in [2.24, 2.45) is 5.92 Å².